The van der Waals surface area contributed by atoms with E-state index in [1.54, 1.807) is 0 Å². The van der Waals surface area contributed by atoms with Gasteiger partial charge < -0.3 is 15.5 Å². The van der Waals surface area contributed by atoms with Gasteiger partial charge in [-0.2, -0.15) is 13.2 Å². The van der Waals surface area contributed by atoms with Gasteiger partial charge >= 0.3 is 6.18 Å². The van der Waals surface area contributed by atoms with E-state index in [1.165, 1.54) is 38.1 Å². The van der Waals surface area contributed by atoms with Crippen molar-refractivity contribution in [2.24, 2.45) is 0 Å². The van der Waals surface area contributed by atoms with Crippen molar-refractivity contribution in [3.8, 4) is 5.75 Å². The maximum Gasteiger partial charge on any atom is 0.426 e. The van der Waals surface area contributed by atoms with Crippen LogP contribution in [0.3, 0.4) is 0 Å². The van der Waals surface area contributed by atoms with E-state index >= 15 is 0 Å². The molecule has 2 aromatic rings. The van der Waals surface area contributed by atoms with Crippen LogP contribution in [0.2, 0.25) is 5.02 Å². The molecule has 3 N–H and O–H groups in total. The van der Waals surface area contributed by atoms with Crippen LogP contribution in [0.1, 0.15) is 25.8 Å². The molecular formula is C19H18ClF4NO3. The lowest BCUT2D eigenvalue weighted by Gasteiger charge is -2.37. The maximum atomic E-state index is 13.7. The summed E-state index contributed by atoms with van der Waals surface area (Å²) in [5, 5.41) is 22.3. The van der Waals surface area contributed by atoms with Gasteiger partial charge in [-0.15, -0.1) is 0 Å². The molecule has 0 aromatic heterocycles. The molecule has 0 saturated carbocycles. The maximum absolute atomic E-state index is 13.7. The number of alkyl halides is 3. The summed E-state index contributed by atoms with van der Waals surface area (Å²) in [4.78, 5) is 12.4. The van der Waals surface area contributed by atoms with Crippen LogP contribution < -0.4 is 5.32 Å². The number of hydrogen-bond donors (Lipinski definition) is 3. The second-order valence-corrected chi connectivity index (χ2v) is 7.42. The van der Waals surface area contributed by atoms with Gasteiger partial charge in [0.25, 0.3) is 5.91 Å². The molecule has 0 fully saturated rings. The molecule has 1 atom stereocenters. The number of benzene rings is 2. The highest BCUT2D eigenvalue weighted by Gasteiger charge is 2.61. The Kier molecular flexibility index (Phi) is 5.96. The van der Waals surface area contributed by atoms with Crippen LogP contribution >= 0.6 is 11.6 Å². The lowest BCUT2D eigenvalue weighted by Crippen LogP contribution is -2.57. The molecule has 4 nitrogen and oxygen atoms in total. The molecule has 1 unspecified atom stereocenters. The number of carbonyl (C=O) groups excluding carboxylic acids is 1. The molecule has 28 heavy (non-hydrogen) atoms. The molecule has 1 amide bonds. The predicted octanol–water partition coefficient (Wildman–Crippen LogP) is 4.78. The molecule has 9 heteroatoms. The molecule has 152 valence electrons. The average Bonchev–Trinajstić information content (AvgIpc) is 2.57. The number of rotatable bonds is 5. The summed E-state index contributed by atoms with van der Waals surface area (Å²) in [5.41, 5.74) is -5.73. The molecule has 0 aliphatic carbocycles. The first-order valence-corrected chi connectivity index (χ1v) is 8.50. The minimum absolute atomic E-state index is 0.0117. The van der Waals surface area contributed by atoms with Gasteiger partial charge in [-0.3, -0.25) is 4.79 Å². The standard InChI is InChI=1S/C19H18ClF4NO3/c1-17(2,12-9-11(21)7-8-15(12)26)10-18(28,19(22,23)24)16(27)25-14-6-4-3-5-13(14)20/h3-9,26,28H,10H2,1-2H3,(H,25,27). The summed E-state index contributed by atoms with van der Waals surface area (Å²) in [6.07, 6.45) is -6.52. The number of carbonyl (C=O) groups is 1. The molecule has 0 saturated heterocycles. The lowest BCUT2D eigenvalue weighted by molar-refractivity contribution is -0.254. The number of aliphatic hydroxyl groups is 1. The zero-order chi connectivity index (χ0) is 21.3. The van der Waals surface area contributed by atoms with Crippen molar-refractivity contribution in [2.45, 2.75) is 37.5 Å². The van der Waals surface area contributed by atoms with Crippen molar-refractivity contribution >= 4 is 23.2 Å². The normalized spacial score (nSPS) is 14.4. The third kappa shape index (κ3) is 4.39. The van der Waals surface area contributed by atoms with Crippen LogP contribution in [0.25, 0.3) is 0 Å². The Bertz CT molecular complexity index is 886. The number of halogens is 5. The summed E-state index contributed by atoms with van der Waals surface area (Å²) in [6.45, 7) is 2.50. The Morgan fingerprint density at radius 2 is 1.75 bits per heavy atom. The number of amides is 1. The topological polar surface area (TPSA) is 69.6 Å². The number of aromatic hydroxyl groups is 1. The van der Waals surface area contributed by atoms with Crippen LogP contribution in [0.15, 0.2) is 42.5 Å². The minimum Gasteiger partial charge on any atom is -0.508 e. The Morgan fingerprint density at radius 1 is 1.14 bits per heavy atom. The Balaban J connectivity index is 2.43. The smallest absolute Gasteiger partial charge is 0.426 e. The number of hydrogen-bond acceptors (Lipinski definition) is 3. The molecule has 0 spiro atoms. The largest absolute Gasteiger partial charge is 0.508 e. The van der Waals surface area contributed by atoms with Crippen LogP contribution in [-0.4, -0.2) is 27.9 Å². The van der Waals surface area contributed by atoms with Crippen molar-refractivity contribution in [3.63, 3.8) is 0 Å². The van der Waals surface area contributed by atoms with Crippen molar-refractivity contribution in [2.75, 3.05) is 5.32 Å². The van der Waals surface area contributed by atoms with E-state index < -0.39 is 41.1 Å². The number of para-hydroxylation sites is 1. The third-order valence-corrected chi connectivity index (χ3v) is 4.68. The van der Waals surface area contributed by atoms with Crippen LogP contribution in [0, 0.1) is 5.82 Å². The Labute approximate surface area is 163 Å². The zero-order valence-corrected chi connectivity index (χ0v) is 15.7. The van der Waals surface area contributed by atoms with Gasteiger partial charge in [0.1, 0.15) is 11.6 Å². The van der Waals surface area contributed by atoms with Crippen molar-refractivity contribution in [1.29, 1.82) is 0 Å². The number of anilines is 1. The van der Waals surface area contributed by atoms with Crippen molar-refractivity contribution in [1.82, 2.24) is 0 Å². The molecular weight excluding hydrogens is 402 g/mol. The fourth-order valence-corrected chi connectivity index (χ4v) is 3.07. The molecule has 0 bridgehead atoms. The lowest BCUT2D eigenvalue weighted by atomic mass is 9.74. The number of phenols is 1. The van der Waals surface area contributed by atoms with Gasteiger partial charge in [0.05, 0.1) is 10.7 Å². The van der Waals surface area contributed by atoms with Gasteiger partial charge in [-0.25, -0.2) is 4.39 Å². The summed E-state index contributed by atoms with van der Waals surface area (Å²) >= 11 is 5.85. The summed E-state index contributed by atoms with van der Waals surface area (Å²) < 4.78 is 54.7. The third-order valence-electron chi connectivity index (χ3n) is 4.35. The van der Waals surface area contributed by atoms with E-state index in [1.807, 2.05) is 5.32 Å². The van der Waals surface area contributed by atoms with Gasteiger partial charge in [0.15, 0.2) is 0 Å². The fourth-order valence-electron chi connectivity index (χ4n) is 2.88. The molecule has 2 rings (SSSR count). The van der Waals surface area contributed by atoms with Crippen LogP contribution in [0.4, 0.5) is 23.2 Å². The van der Waals surface area contributed by atoms with Crippen LogP contribution in [0.5, 0.6) is 5.75 Å². The van der Waals surface area contributed by atoms with Crippen molar-refractivity contribution in [3.05, 3.63) is 58.9 Å². The molecule has 0 aliphatic heterocycles. The van der Waals surface area contributed by atoms with Gasteiger partial charge in [0.2, 0.25) is 5.60 Å². The predicted molar refractivity (Wildman–Crippen MR) is 96.8 cm³/mol. The van der Waals surface area contributed by atoms with Gasteiger partial charge in [-0.05, 0) is 35.7 Å². The quantitative estimate of drug-likeness (QED) is 0.611. The van der Waals surface area contributed by atoms with Crippen LogP contribution in [-0.2, 0) is 10.2 Å². The van der Waals surface area contributed by atoms with Gasteiger partial charge in [0, 0.05) is 12.0 Å². The van der Waals surface area contributed by atoms with E-state index in [4.69, 9.17) is 11.6 Å². The highest BCUT2D eigenvalue weighted by molar-refractivity contribution is 6.33. The first-order valence-electron chi connectivity index (χ1n) is 8.12. The molecule has 0 aliphatic rings. The summed E-state index contributed by atoms with van der Waals surface area (Å²) in [6, 6.07) is 8.39. The Morgan fingerprint density at radius 3 is 2.32 bits per heavy atom. The summed E-state index contributed by atoms with van der Waals surface area (Å²) in [7, 11) is 0. The highest BCUT2D eigenvalue weighted by atomic mass is 35.5. The van der Waals surface area contributed by atoms with E-state index in [2.05, 4.69) is 0 Å². The zero-order valence-electron chi connectivity index (χ0n) is 14.9. The highest BCUT2D eigenvalue weighted by Crippen LogP contribution is 2.44. The number of nitrogens with one attached hydrogen (secondary N) is 1. The second kappa shape index (κ2) is 7.60. The van der Waals surface area contributed by atoms with E-state index in [9.17, 15) is 32.6 Å². The van der Waals surface area contributed by atoms with E-state index in [0.717, 1.165) is 18.2 Å². The Hall–Kier alpha value is -2.32. The number of phenolic OH excluding ortho intramolecular Hbond substituents is 1. The average molecular weight is 420 g/mol. The van der Waals surface area contributed by atoms with E-state index in [-0.39, 0.29) is 16.3 Å². The monoisotopic (exact) mass is 419 g/mol. The van der Waals surface area contributed by atoms with E-state index in [0.29, 0.717) is 0 Å². The molecule has 0 radical (unpaired) electrons. The van der Waals surface area contributed by atoms with Crippen molar-refractivity contribution < 1.29 is 32.6 Å². The SMILES string of the molecule is CC(C)(CC(O)(C(=O)Nc1ccccc1Cl)C(F)(F)F)c1cc(F)ccc1O. The second-order valence-electron chi connectivity index (χ2n) is 7.01. The van der Waals surface area contributed by atoms with Gasteiger partial charge in [-0.1, -0.05) is 37.6 Å². The minimum atomic E-state index is -5.35. The first kappa shape index (κ1) is 22.0. The fraction of sp³-hybridized carbons (Fsp3) is 0.316. The molecule has 2 aromatic carbocycles. The first-order chi connectivity index (χ1) is 12.8. The summed E-state index contributed by atoms with van der Waals surface area (Å²) in [5.74, 6) is -2.98. The molecule has 0 heterocycles.